The molecule has 0 saturated heterocycles. The molecule has 0 aliphatic carbocycles. The van der Waals surface area contributed by atoms with Crippen LogP contribution in [0.15, 0.2) is 31.0 Å². The van der Waals surface area contributed by atoms with Gasteiger partial charge < -0.3 is 4.90 Å². The van der Waals surface area contributed by atoms with Gasteiger partial charge in [-0.25, -0.2) is 17.4 Å². The molecule has 0 N–H and O–H groups in total. The third-order valence-electron chi connectivity index (χ3n) is 1.51. The first kappa shape index (κ1) is 10.8. The first-order valence-corrected chi connectivity index (χ1v) is 5.67. The summed E-state index contributed by atoms with van der Waals surface area (Å²) in [6.45, 7) is 0. The van der Waals surface area contributed by atoms with Crippen LogP contribution in [0.25, 0.3) is 0 Å². The van der Waals surface area contributed by atoms with Crippen molar-refractivity contribution in [2.45, 2.75) is 0 Å². The van der Waals surface area contributed by atoms with Crippen LogP contribution in [-0.2, 0) is 10.0 Å². The highest BCUT2D eigenvalue weighted by Crippen LogP contribution is 1.97. The monoisotopic (exact) mass is 215 g/mol. The molecule has 0 radical (unpaired) electrons. The Labute approximate surface area is 83.7 Å². The zero-order chi connectivity index (χ0) is 10.6. The molecule has 14 heavy (non-hydrogen) atoms. The molecular weight excluding hydrogens is 202 g/mol. The maximum Gasteiger partial charge on any atom is 0.243 e. The summed E-state index contributed by atoms with van der Waals surface area (Å²) in [5, 5.41) is 0. The zero-order valence-electron chi connectivity index (χ0n) is 8.16. The lowest BCUT2D eigenvalue weighted by Gasteiger charge is -2.04. The summed E-state index contributed by atoms with van der Waals surface area (Å²) in [6.07, 6.45) is 7.43. The minimum absolute atomic E-state index is 0.0263. The Bertz CT molecular complexity index is 392. The first-order valence-electron chi connectivity index (χ1n) is 4.06. The van der Waals surface area contributed by atoms with E-state index >= 15 is 0 Å². The highest BCUT2D eigenvalue weighted by atomic mass is 32.2. The lowest BCUT2D eigenvalue weighted by Crippen LogP contribution is -2.14. The van der Waals surface area contributed by atoms with E-state index in [9.17, 15) is 8.42 Å². The van der Waals surface area contributed by atoms with Crippen molar-refractivity contribution in [2.24, 2.45) is 0 Å². The SMILES string of the molecule is CN(C)C=CCS(=O)(=O)n1ccnc1. The average Bonchev–Trinajstić information content (AvgIpc) is 2.54. The Morgan fingerprint density at radius 3 is 2.71 bits per heavy atom. The van der Waals surface area contributed by atoms with E-state index in [-0.39, 0.29) is 5.75 Å². The van der Waals surface area contributed by atoms with E-state index in [0.29, 0.717) is 0 Å². The lowest BCUT2D eigenvalue weighted by molar-refractivity contribution is 0.561. The maximum absolute atomic E-state index is 11.5. The van der Waals surface area contributed by atoms with Crippen molar-refractivity contribution in [3.63, 3.8) is 0 Å². The summed E-state index contributed by atoms with van der Waals surface area (Å²) < 4.78 is 24.2. The predicted molar refractivity (Wildman–Crippen MR) is 54.2 cm³/mol. The van der Waals surface area contributed by atoms with Crippen molar-refractivity contribution in [3.8, 4) is 0 Å². The fourth-order valence-electron chi connectivity index (χ4n) is 0.873. The highest BCUT2D eigenvalue weighted by molar-refractivity contribution is 7.90. The summed E-state index contributed by atoms with van der Waals surface area (Å²) in [7, 11) is 0.395. The van der Waals surface area contributed by atoms with Crippen molar-refractivity contribution in [1.29, 1.82) is 0 Å². The second-order valence-electron chi connectivity index (χ2n) is 3.02. The van der Waals surface area contributed by atoms with E-state index in [1.54, 1.807) is 17.2 Å². The Morgan fingerprint density at radius 1 is 1.50 bits per heavy atom. The lowest BCUT2D eigenvalue weighted by atomic mass is 10.7. The van der Waals surface area contributed by atoms with Crippen molar-refractivity contribution >= 4 is 10.0 Å². The number of imidazole rings is 1. The van der Waals surface area contributed by atoms with E-state index in [0.717, 1.165) is 3.97 Å². The molecule has 5 nitrogen and oxygen atoms in total. The van der Waals surface area contributed by atoms with E-state index in [1.165, 1.54) is 18.7 Å². The van der Waals surface area contributed by atoms with Gasteiger partial charge in [0.25, 0.3) is 0 Å². The zero-order valence-corrected chi connectivity index (χ0v) is 8.98. The molecule has 1 heterocycles. The molecule has 1 aromatic rings. The number of nitrogens with zero attached hydrogens (tertiary/aromatic N) is 3. The van der Waals surface area contributed by atoms with Crippen molar-refractivity contribution < 1.29 is 8.42 Å². The molecule has 0 unspecified atom stereocenters. The molecular formula is C8H13N3O2S. The molecule has 0 atom stereocenters. The van der Waals surface area contributed by atoms with Gasteiger partial charge >= 0.3 is 0 Å². The Kier molecular flexibility index (Phi) is 3.29. The van der Waals surface area contributed by atoms with Gasteiger partial charge in [0.2, 0.25) is 10.0 Å². The van der Waals surface area contributed by atoms with Gasteiger partial charge in [-0.15, -0.1) is 0 Å². The number of hydrogen-bond donors (Lipinski definition) is 0. The summed E-state index contributed by atoms with van der Waals surface area (Å²) in [4.78, 5) is 5.46. The third kappa shape index (κ3) is 2.88. The standard InChI is InChI=1S/C8H13N3O2S/c1-10(2)5-3-7-14(12,13)11-6-4-9-8-11/h3-6,8H,7H2,1-2H3. The van der Waals surface area contributed by atoms with Crippen LogP contribution in [0.1, 0.15) is 0 Å². The van der Waals surface area contributed by atoms with Gasteiger partial charge in [0.15, 0.2) is 0 Å². The molecule has 1 aromatic heterocycles. The van der Waals surface area contributed by atoms with Gasteiger partial charge in [0.1, 0.15) is 6.33 Å². The topological polar surface area (TPSA) is 55.2 Å². The summed E-state index contributed by atoms with van der Waals surface area (Å²) in [5.41, 5.74) is 0. The minimum atomic E-state index is -3.27. The third-order valence-corrected chi connectivity index (χ3v) is 2.98. The van der Waals surface area contributed by atoms with Crippen molar-refractivity contribution in [1.82, 2.24) is 13.9 Å². The van der Waals surface area contributed by atoms with Crippen LogP contribution in [0, 0.1) is 0 Å². The highest BCUT2D eigenvalue weighted by Gasteiger charge is 2.09. The molecule has 0 spiro atoms. The largest absolute Gasteiger partial charge is 0.384 e. The minimum Gasteiger partial charge on any atom is -0.384 e. The molecule has 0 aliphatic rings. The van der Waals surface area contributed by atoms with Gasteiger partial charge in [-0.3, -0.25) is 0 Å². The molecule has 0 bridgehead atoms. The number of rotatable bonds is 4. The summed E-state index contributed by atoms with van der Waals surface area (Å²) in [5.74, 6) is -0.0263. The van der Waals surface area contributed by atoms with Crippen LogP contribution in [0.5, 0.6) is 0 Å². The molecule has 1 rings (SSSR count). The van der Waals surface area contributed by atoms with E-state index in [4.69, 9.17) is 0 Å². The van der Waals surface area contributed by atoms with Crippen LogP contribution in [0.4, 0.5) is 0 Å². The van der Waals surface area contributed by atoms with Crippen LogP contribution in [-0.4, -0.2) is 42.1 Å². The Hall–Kier alpha value is -1.30. The fraction of sp³-hybridized carbons (Fsp3) is 0.375. The van der Waals surface area contributed by atoms with Crippen molar-refractivity contribution in [3.05, 3.63) is 31.0 Å². The van der Waals surface area contributed by atoms with Crippen LogP contribution >= 0.6 is 0 Å². The smallest absolute Gasteiger partial charge is 0.243 e. The fourth-order valence-corrected chi connectivity index (χ4v) is 1.81. The van der Waals surface area contributed by atoms with Gasteiger partial charge in [-0.2, -0.15) is 0 Å². The van der Waals surface area contributed by atoms with Crippen LogP contribution in [0.2, 0.25) is 0 Å². The van der Waals surface area contributed by atoms with Gasteiger partial charge in [0, 0.05) is 26.5 Å². The number of hydrogen-bond acceptors (Lipinski definition) is 4. The molecule has 0 aliphatic heterocycles. The number of aromatic nitrogens is 2. The summed E-state index contributed by atoms with van der Waals surface area (Å²) in [6, 6.07) is 0. The molecule has 0 fully saturated rings. The van der Waals surface area contributed by atoms with Crippen molar-refractivity contribution in [2.75, 3.05) is 19.8 Å². The van der Waals surface area contributed by atoms with Gasteiger partial charge in [0.05, 0.1) is 5.75 Å². The average molecular weight is 215 g/mol. The van der Waals surface area contributed by atoms with Crippen LogP contribution in [0.3, 0.4) is 0 Å². The molecule has 6 heteroatoms. The van der Waals surface area contributed by atoms with E-state index in [2.05, 4.69) is 4.98 Å². The molecule has 0 aromatic carbocycles. The molecule has 0 amide bonds. The maximum atomic E-state index is 11.5. The van der Waals surface area contributed by atoms with Gasteiger partial charge in [-0.1, -0.05) is 6.08 Å². The quantitative estimate of drug-likeness (QED) is 0.716. The molecule has 0 saturated carbocycles. The van der Waals surface area contributed by atoms with Gasteiger partial charge in [-0.05, 0) is 6.20 Å². The van der Waals surface area contributed by atoms with E-state index < -0.39 is 10.0 Å². The Morgan fingerprint density at radius 2 is 2.21 bits per heavy atom. The second kappa shape index (κ2) is 4.28. The Balaban J connectivity index is 2.70. The summed E-state index contributed by atoms with van der Waals surface area (Å²) >= 11 is 0. The molecule has 78 valence electrons. The first-order chi connectivity index (χ1) is 6.52. The van der Waals surface area contributed by atoms with Crippen LogP contribution < -0.4 is 0 Å². The predicted octanol–water partition coefficient (Wildman–Crippen LogP) is 0.136. The normalized spacial score (nSPS) is 12.1. The second-order valence-corrected chi connectivity index (χ2v) is 4.94. The van der Waals surface area contributed by atoms with E-state index in [1.807, 2.05) is 14.1 Å².